The van der Waals surface area contributed by atoms with Crippen LogP contribution >= 0.6 is 10.7 Å². The van der Waals surface area contributed by atoms with E-state index in [-0.39, 0.29) is 16.3 Å². The van der Waals surface area contributed by atoms with Crippen LogP contribution in [0.4, 0.5) is 10.1 Å². The fourth-order valence-corrected chi connectivity index (χ4v) is 2.27. The summed E-state index contributed by atoms with van der Waals surface area (Å²) in [4.78, 5) is 15.2. The minimum absolute atomic E-state index is 0.153. The summed E-state index contributed by atoms with van der Waals surface area (Å²) in [5.41, 5.74) is 0.0821. The number of nitrogens with one attached hydrogen (secondary N) is 1. The van der Waals surface area contributed by atoms with Gasteiger partial charge >= 0.3 is 0 Å². The SMILES string of the molecule is Cn1cncc1C(=O)Nc1ccc(S(=O)(=O)Cl)cc1F. The number of imidazole rings is 1. The molecule has 0 aliphatic carbocycles. The molecule has 6 nitrogen and oxygen atoms in total. The Hall–Kier alpha value is -1.93. The van der Waals surface area contributed by atoms with Gasteiger partial charge in [0.15, 0.2) is 0 Å². The van der Waals surface area contributed by atoms with Crippen LogP contribution in [-0.4, -0.2) is 23.9 Å². The second-order valence-electron chi connectivity index (χ2n) is 3.92. The van der Waals surface area contributed by atoms with Crippen molar-refractivity contribution >= 4 is 31.3 Å². The second kappa shape index (κ2) is 5.22. The van der Waals surface area contributed by atoms with E-state index in [9.17, 15) is 17.6 Å². The van der Waals surface area contributed by atoms with Crippen molar-refractivity contribution in [2.45, 2.75) is 4.90 Å². The Labute approximate surface area is 118 Å². The van der Waals surface area contributed by atoms with E-state index in [0.717, 1.165) is 18.2 Å². The third-order valence-corrected chi connectivity index (χ3v) is 3.87. The molecule has 0 saturated heterocycles. The van der Waals surface area contributed by atoms with E-state index in [4.69, 9.17) is 10.7 Å². The fourth-order valence-electron chi connectivity index (χ4n) is 1.51. The van der Waals surface area contributed by atoms with Gasteiger partial charge in [0.05, 0.1) is 23.1 Å². The largest absolute Gasteiger partial charge is 0.330 e. The summed E-state index contributed by atoms with van der Waals surface area (Å²) in [5.74, 6) is -1.47. The average Bonchev–Trinajstić information content (AvgIpc) is 2.76. The molecule has 1 aromatic carbocycles. The minimum Gasteiger partial charge on any atom is -0.330 e. The molecule has 106 valence electrons. The first-order chi connectivity index (χ1) is 9.29. The molecular weight excluding hydrogens is 309 g/mol. The van der Waals surface area contributed by atoms with Crippen LogP contribution in [-0.2, 0) is 16.1 Å². The lowest BCUT2D eigenvalue weighted by Gasteiger charge is -2.07. The summed E-state index contributed by atoms with van der Waals surface area (Å²) < 4.78 is 37.3. The lowest BCUT2D eigenvalue weighted by molar-refractivity contribution is 0.101. The van der Waals surface area contributed by atoms with Gasteiger partial charge in [-0.05, 0) is 18.2 Å². The second-order valence-corrected chi connectivity index (χ2v) is 6.49. The molecule has 1 N–H and O–H groups in total. The Morgan fingerprint density at radius 1 is 1.45 bits per heavy atom. The lowest BCUT2D eigenvalue weighted by Crippen LogP contribution is -2.16. The molecule has 0 fully saturated rings. The van der Waals surface area contributed by atoms with E-state index < -0.39 is 20.8 Å². The van der Waals surface area contributed by atoms with Gasteiger partial charge in [0.25, 0.3) is 15.0 Å². The van der Waals surface area contributed by atoms with Crippen molar-refractivity contribution in [3.63, 3.8) is 0 Å². The molecule has 2 aromatic rings. The van der Waals surface area contributed by atoms with Crippen molar-refractivity contribution in [2.24, 2.45) is 7.05 Å². The molecule has 0 radical (unpaired) electrons. The molecule has 9 heteroatoms. The summed E-state index contributed by atoms with van der Waals surface area (Å²) in [5, 5.41) is 2.32. The highest BCUT2D eigenvalue weighted by molar-refractivity contribution is 8.13. The molecule has 0 unspecified atom stereocenters. The highest BCUT2D eigenvalue weighted by Gasteiger charge is 2.16. The number of nitrogens with zero attached hydrogens (tertiary/aromatic N) is 2. The number of carbonyl (C=O) groups is 1. The highest BCUT2D eigenvalue weighted by Crippen LogP contribution is 2.22. The van der Waals surface area contributed by atoms with Crippen LogP contribution in [0.1, 0.15) is 10.5 Å². The summed E-state index contributed by atoms with van der Waals surface area (Å²) in [6.45, 7) is 0. The van der Waals surface area contributed by atoms with Gasteiger partial charge in [0, 0.05) is 17.7 Å². The van der Waals surface area contributed by atoms with Crippen molar-refractivity contribution < 1.29 is 17.6 Å². The van der Waals surface area contributed by atoms with Gasteiger partial charge in [-0.3, -0.25) is 4.79 Å². The molecule has 0 spiro atoms. The van der Waals surface area contributed by atoms with E-state index in [0.29, 0.717) is 0 Å². The van der Waals surface area contributed by atoms with Crippen molar-refractivity contribution in [3.8, 4) is 0 Å². The molecule has 1 aromatic heterocycles. The standard InChI is InChI=1S/C11H9ClFN3O3S/c1-16-6-14-5-10(16)11(17)15-9-3-2-7(4-8(9)13)20(12,18)19/h2-6H,1H3,(H,15,17). The van der Waals surface area contributed by atoms with Crippen LogP contribution in [0.25, 0.3) is 0 Å². The molecule has 1 amide bonds. The van der Waals surface area contributed by atoms with E-state index in [1.54, 1.807) is 7.05 Å². The Morgan fingerprint density at radius 3 is 2.65 bits per heavy atom. The number of benzene rings is 1. The predicted octanol–water partition coefficient (Wildman–Crippen LogP) is 1.74. The quantitative estimate of drug-likeness (QED) is 0.874. The number of carbonyl (C=O) groups excluding carboxylic acids is 1. The summed E-state index contributed by atoms with van der Waals surface area (Å²) in [7, 11) is 2.69. The number of aromatic nitrogens is 2. The summed E-state index contributed by atoms with van der Waals surface area (Å²) in [6.07, 6.45) is 2.75. The molecule has 2 rings (SSSR count). The van der Waals surface area contributed by atoms with E-state index >= 15 is 0 Å². The van der Waals surface area contributed by atoms with Crippen LogP contribution in [0.2, 0.25) is 0 Å². The molecule has 20 heavy (non-hydrogen) atoms. The van der Waals surface area contributed by atoms with Crippen LogP contribution in [0.5, 0.6) is 0 Å². The first-order valence-electron chi connectivity index (χ1n) is 5.31. The zero-order valence-corrected chi connectivity index (χ0v) is 11.7. The van der Waals surface area contributed by atoms with Crippen LogP contribution < -0.4 is 5.32 Å². The number of hydrogen-bond donors (Lipinski definition) is 1. The lowest BCUT2D eigenvalue weighted by atomic mass is 10.3. The first-order valence-corrected chi connectivity index (χ1v) is 7.62. The molecule has 0 aliphatic rings. The predicted molar refractivity (Wildman–Crippen MR) is 70.6 cm³/mol. The number of anilines is 1. The van der Waals surface area contributed by atoms with Gasteiger partial charge in [-0.2, -0.15) is 0 Å². The molecule has 0 atom stereocenters. The molecule has 0 saturated carbocycles. The maximum absolute atomic E-state index is 13.7. The molecule has 1 heterocycles. The fraction of sp³-hybridized carbons (Fsp3) is 0.0909. The monoisotopic (exact) mass is 317 g/mol. The topological polar surface area (TPSA) is 81.1 Å². The molecule has 0 aliphatic heterocycles. The zero-order valence-electron chi connectivity index (χ0n) is 10.2. The highest BCUT2D eigenvalue weighted by atomic mass is 35.7. The first kappa shape index (κ1) is 14.5. The number of halogens is 2. The maximum atomic E-state index is 13.7. The van der Waals surface area contributed by atoms with Gasteiger partial charge in [0.2, 0.25) is 0 Å². The number of hydrogen-bond acceptors (Lipinski definition) is 4. The zero-order chi connectivity index (χ0) is 14.9. The Balaban J connectivity index is 2.27. The van der Waals surface area contributed by atoms with Gasteiger partial charge in [0.1, 0.15) is 11.5 Å². The van der Waals surface area contributed by atoms with Gasteiger partial charge in [-0.1, -0.05) is 0 Å². The number of aryl methyl sites for hydroxylation is 1. The third kappa shape index (κ3) is 2.97. The van der Waals surface area contributed by atoms with Gasteiger partial charge < -0.3 is 9.88 Å². The smallest absolute Gasteiger partial charge is 0.274 e. The average molecular weight is 318 g/mol. The Kier molecular flexibility index (Phi) is 3.78. The van der Waals surface area contributed by atoms with Gasteiger partial charge in [-0.15, -0.1) is 0 Å². The summed E-state index contributed by atoms with van der Waals surface area (Å²) in [6, 6.07) is 2.96. The maximum Gasteiger partial charge on any atom is 0.274 e. The normalized spacial score (nSPS) is 11.3. The van der Waals surface area contributed by atoms with Crippen LogP contribution in [0.15, 0.2) is 35.6 Å². The number of amides is 1. The van der Waals surface area contributed by atoms with Crippen LogP contribution in [0, 0.1) is 5.82 Å². The molecule has 0 bridgehead atoms. The van der Waals surface area contributed by atoms with Crippen molar-refractivity contribution in [3.05, 3.63) is 42.2 Å². The minimum atomic E-state index is -4.02. The van der Waals surface area contributed by atoms with Crippen molar-refractivity contribution in [1.82, 2.24) is 9.55 Å². The van der Waals surface area contributed by atoms with Crippen LogP contribution in [0.3, 0.4) is 0 Å². The van der Waals surface area contributed by atoms with Gasteiger partial charge in [-0.25, -0.2) is 17.8 Å². The van der Waals surface area contributed by atoms with Crippen molar-refractivity contribution in [2.75, 3.05) is 5.32 Å². The van der Waals surface area contributed by atoms with Crippen molar-refractivity contribution in [1.29, 1.82) is 0 Å². The van der Waals surface area contributed by atoms with E-state index in [1.807, 2.05) is 0 Å². The Bertz CT molecular complexity index is 773. The summed E-state index contributed by atoms with van der Waals surface area (Å²) >= 11 is 0. The number of rotatable bonds is 3. The van der Waals surface area contributed by atoms with E-state index in [2.05, 4.69) is 10.3 Å². The third-order valence-electron chi connectivity index (χ3n) is 2.52. The van der Waals surface area contributed by atoms with E-state index in [1.165, 1.54) is 17.1 Å². The Morgan fingerprint density at radius 2 is 2.15 bits per heavy atom. The molecular formula is C11H9ClFN3O3S.